The minimum absolute atomic E-state index is 0.513. The van der Waals surface area contributed by atoms with Gasteiger partial charge in [-0.25, -0.2) is 4.98 Å². The molecule has 2 N–H and O–H groups in total. The van der Waals surface area contributed by atoms with E-state index in [1.165, 1.54) is 4.88 Å². The molecule has 0 bridgehead atoms. The largest absolute Gasteiger partial charge is 0.330 e. The van der Waals surface area contributed by atoms with Gasteiger partial charge in [0.1, 0.15) is 5.01 Å². The Hall–Kier alpha value is -1.26. The zero-order chi connectivity index (χ0) is 12.3. The van der Waals surface area contributed by atoms with Gasteiger partial charge in [0, 0.05) is 22.8 Å². The quantitative estimate of drug-likeness (QED) is 0.903. The third-order valence-electron chi connectivity index (χ3n) is 2.76. The highest BCUT2D eigenvalue weighted by atomic mass is 32.1. The Kier molecular flexibility index (Phi) is 3.86. The molecule has 0 saturated heterocycles. The van der Waals surface area contributed by atoms with Crippen molar-refractivity contribution in [1.29, 1.82) is 0 Å². The number of hydrogen-bond donors (Lipinski definition) is 1. The summed E-state index contributed by atoms with van der Waals surface area (Å²) in [6.07, 6.45) is 4.62. The van der Waals surface area contributed by atoms with E-state index in [9.17, 15) is 0 Å². The van der Waals surface area contributed by atoms with Crippen molar-refractivity contribution in [1.82, 2.24) is 9.97 Å². The lowest BCUT2D eigenvalue weighted by Crippen LogP contribution is -2.12. The van der Waals surface area contributed by atoms with Crippen LogP contribution in [0, 0.1) is 12.8 Å². The molecule has 4 heteroatoms. The second-order valence-electron chi connectivity index (χ2n) is 4.31. The third-order valence-corrected chi connectivity index (χ3v) is 3.98. The molecule has 2 rings (SSSR count). The van der Waals surface area contributed by atoms with Crippen LogP contribution in [0.3, 0.4) is 0 Å². The van der Waals surface area contributed by atoms with Crippen LogP contribution in [0.2, 0.25) is 0 Å². The first-order valence-electron chi connectivity index (χ1n) is 5.77. The molecule has 0 spiro atoms. The van der Waals surface area contributed by atoms with Crippen molar-refractivity contribution < 1.29 is 0 Å². The molecule has 0 aromatic carbocycles. The molecule has 0 fully saturated rings. The van der Waals surface area contributed by atoms with Crippen molar-refractivity contribution >= 4 is 11.3 Å². The van der Waals surface area contributed by atoms with Gasteiger partial charge in [0.15, 0.2) is 0 Å². The Morgan fingerprint density at radius 1 is 1.35 bits per heavy atom. The topological polar surface area (TPSA) is 51.8 Å². The first kappa shape index (κ1) is 12.2. The molecule has 0 aliphatic carbocycles. The number of thiazole rings is 1. The van der Waals surface area contributed by atoms with E-state index in [4.69, 9.17) is 5.73 Å². The number of nitrogens with zero attached hydrogens (tertiary/aromatic N) is 2. The van der Waals surface area contributed by atoms with E-state index in [0.717, 1.165) is 29.2 Å². The van der Waals surface area contributed by atoms with Crippen LogP contribution in [0.5, 0.6) is 0 Å². The van der Waals surface area contributed by atoms with Gasteiger partial charge in [-0.15, -0.1) is 11.3 Å². The molecule has 2 aromatic heterocycles. The van der Waals surface area contributed by atoms with E-state index in [-0.39, 0.29) is 0 Å². The van der Waals surface area contributed by atoms with Crippen molar-refractivity contribution in [3.8, 4) is 10.6 Å². The third kappa shape index (κ3) is 2.90. The second-order valence-corrected chi connectivity index (χ2v) is 5.39. The molecular weight excluding hydrogens is 230 g/mol. The Balaban J connectivity index is 2.25. The Bertz CT molecular complexity index is 479. The molecule has 0 saturated carbocycles. The first-order chi connectivity index (χ1) is 8.20. The Labute approximate surface area is 106 Å². The summed E-state index contributed by atoms with van der Waals surface area (Å²) in [4.78, 5) is 9.98. The Morgan fingerprint density at radius 3 is 2.71 bits per heavy atom. The molecule has 1 atom stereocenters. The summed E-state index contributed by atoms with van der Waals surface area (Å²) in [6, 6.07) is 3.99. The van der Waals surface area contributed by atoms with Gasteiger partial charge in [0.25, 0.3) is 0 Å². The molecule has 2 aromatic rings. The average Bonchev–Trinajstić information content (AvgIpc) is 2.72. The maximum atomic E-state index is 5.66. The van der Waals surface area contributed by atoms with E-state index in [1.54, 1.807) is 23.7 Å². The molecule has 0 aliphatic rings. The smallest absolute Gasteiger partial charge is 0.123 e. The summed E-state index contributed by atoms with van der Waals surface area (Å²) in [6.45, 7) is 4.97. The zero-order valence-corrected chi connectivity index (χ0v) is 11.0. The number of rotatable bonds is 4. The van der Waals surface area contributed by atoms with Gasteiger partial charge in [-0.05, 0) is 37.9 Å². The second kappa shape index (κ2) is 5.38. The molecule has 0 aliphatic heterocycles. The number of nitrogens with two attached hydrogens (primary N) is 1. The summed E-state index contributed by atoms with van der Waals surface area (Å²) in [5.74, 6) is 0.513. The molecule has 17 heavy (non-hydrogen) atoms. The van der Waals surface area contributed by atoms with E-state index in [0.29, 0.717) is 5.92 Å². The van der Waals surface area contributed by atoms with Crippen LogP contribution < -0.4 is 5.73 Å². The average molecular weight is 247 g/mol. The molecule has 2 heterocycles. The molecule has 90 valence electrons. The summed E-state index contributed by atoms with van der Waals surface area (Å²) >= 11 is 1.76. The highest BCUT2D eigenvalue weighted by Crippen LogP contribution is 2.28. The summed E-state index contributed by atoms with van der Waals surface area (Å²) in [7, 11) is 0. The van der Waals surface area contributed by atoms with Crippen LogP contribution in [0.1, 0.15) is 17.5 Å². The van der Waals surface area contributed by atoms with E-state index >= 15 is 0 Å². The fourth-order valence-electron chi connectivity index (χ4n) is 1.64. The lowest BCUT2D eigenvalue weighted by atomic mass is 10.1. The van der Waals surface area contributed by atoms with Gasteiger partial charge >= 0.3 is 0 Å². The summed E-state index contributed by atoms with van der Waals surface area (Å²) < 4.78 is 0. The zero-order valence-electron chi connectivity index (χ0n) is 10.2. The van der Waals surface area contributed by atoms with Gasteiger partial charge in [-0.1, -0.05) is 6.92 Å². The van der Waals surface area contributed by atoms with Crippen molar-refractivity contribution in [2.45, 2.75) is 20.3 Å². The maximum Gasteiger partial charge on any atom is 0.123 e. The maximum absolute atomic E-state index is 5.66. The van der Waals surface area contributed by atoms with Crippen LogP contribution in [0.15, 0.2) is 24.5 Å². The minimum Gasteiger partial charge on any atom is -0.330 e. The normalized spacial score (nSPS) is 12.6. The summed E-state index contributed by atoms with van der Waals surface area (Å²) in [5, 5.41) is 1.07. The first-order valence-corrected chi connectivity index (χ1v) is 6.59. The van der Waals surface area contributed by atoms with E-state index in [1.807, 2.05) is 12.1 Å². The van der Waals surface area contributed by atoms with Gasteiger partial charge in [0.2, 0.25) is 0 Å². The van der Waals surface area contributed by atoms with Crippen molar-refractivity contribution in [3.05, 3.63) is 35.1 Å². The number of aryl methyl sites for hydroxylation is 1. The molecule has 0 radical (unpaired) electrons. The molecule has 3 nitrogen and oxygen atoms in total. The molecule has 0 amide bonds. The predicted molar refractivity (Wildman–Crippen MR) is 72.0 cm³/mol. The lowest BCUT2D eigenvalue weighted by Gasteiger charge is -2.05. The summed E-state index contributed by atoms with van der Waals surface area (Å²) in [5.41, 5.74) is 7.93. The SMILES string of the molecule is Cc1nc(-c2ccncc2)sc1CC(C)CN. The van der Waals surface area contributed by atoms with Crippen molar-refractivity contribution in [3.63, 3.8) is 0 Å². The fourth-order valence-corrected chi connectivity index (χ4v) is 2.87. The lowest BCUT2D eigenvalue weighted by molar-refractivity contribution is 0.596. The standard InChI is InChI=1S/C13H17N3S/c1-9(8-14)7-12-10(2)16-13(17-12)11-3-5-15-6-4-11/h3-6,9H,7-8,14H2,1-2H3. The van der Waals surface area contributed by atoms with Crippen molar-refractivity contribution in [2.75, 3.05) is 6.54 Å². The van der Waals surface area contributed by atoms with Gasteiger partial charge < -0.3 is 5.73 Å². The molecule has 1 unspecified atom stereocenters. The fraction of sp³-hybridized carbons (Fsp3) is 0.385. The monoisotopic (exact) mass is 247 g/mol. The number of aromatic nitrogens is 2. The van der Waals surface area contributed by atoms with Crippen LogP contribution in [-0.2, 0) is 6.42 Å². The van der Waals surface area contributed by atoms with Gasteiger partial charge in [0.05, 0.1) is 5.69 Å². The van der Waals surface area contributed by atoms with E-state index < -0.39 is 0 Å². The van der Waals surface area contributed by atoms with Gasteiger partial charge in [-0.2, -0.15) is 0 Å². The van der Waals surface area contributed by atoms with Crippen LogP contribution in [-0.4, -0.2) is 16.5 Å². The van der Waals surface area contributed by atoms with Crippen LogP contribution >= 0.6 is 11.3 Å². The van der Waals surface area contributed by atoms with Gasteiger partial charge in [-0.3, -0.25) is 4.98 Å². The minimum atomic E-state index is 0.513. The highest BCUT2D eigenvalue weighted by Gasteiger charge is 2.11. The predicted octanol–water partition coefficient (Wildman–Crippen LogP) is 2.65. The van der Waals surface area contributed by atoms with Crippen LogP contribution in [0.25, 0.3) is 10.6 Å². The van der Waals surface area contributed by atoms with Crippen molar-refractivity contribution in [2.24, 2.45) is 11.7 Å². The highest BCUT2D eigenvalue weighted by molar-refractivity contribution is 7.15. The number of pyridine rings is 1. The number of hydrogen-bond acceptors (Lipinski definition) is 4. The van der Waals surface area contributed by atoms with E-state index in [2.05, 4.69) is 23.8 Å². The van der Waals surface area contributed by atoms with Crippen LogP contribution in [0.4, 0.5) is 0 Å². The Morgan fingerprint density at radius 2 is 2.06 bits per heavy atom. The molecular formula is C13H17N3S.